The average Bonchev–Trinajstić information content (AvgIpc) is 3.66. The highest BCUT2D eigenvalue weighted by Gasteiger charge is 2.43. The van der Waals surface area contributed by atoms with E-state index in [1.54, 1.807) is 41.5 Å². The summed E-state index contributed by atoms with van der Waals surface area (Å²) < 4.78 is 0. The zero-order chi connectivity index (χ0) is 45.8. The summed E-state index contributed by atoms with van der Waals surface area (Å²) in [6.45, 7) is 15.2. The summed E-state index contributed by atoms with van der Waals surface area (Å²) >= 11 is 0. The highest BCUT2D eigenvalue weighted by Crippen LogP contribution is 2.24. The smallest absolute Gasteiger partial charge is 0.303 e. The van der Waals surface area contributed by atoms with Crippen LogP contribution in [0.1, 0.15) is 107 Å². The largest absolute Gasteiger partial charge is 0.481 e. The van der Waals surface area contributed by atoms with Crippen LogP contribution in [0.3, 0.4) is 0 Å². The molecule has 1 heterocycles. The Morgan fingerprint density at radius 3 is 1.70 bits per heavy atom. The summed E-state index contributed by atoms with van der Waals surface area (Å²) in [6, 6.07) is -2.68. The summed E-state index contributed by atoms with van der Waals surface area (Å²) in [5.41, 5.74) is 2.27. The van der Waals surface area contributed by atoms with E-state index in [0.29, 0.717) is 32.5 Å². The number of aliphatic carboxylic acids is 2. The lowest BCUT2D eigenvalue weighted by molar-refractivity contribution is -0.140. The summed E-state index contributed by atoms with van der Waals surface area (Å²) in [7, 11) is 0. The lowest BCUT2D eigenvalue weighted by atomic mass is 9.86. The van der Waals surface area contributed by atoms with E-state index in [1.165, 1.54) is 11.8 Å². The fourth-order valence-electron chi connectivity index (χ4n) is 6.96. The van der Waals surface area contributed by atoms with Gasteiger partial charge in [0, 0.05) is 78.4 Å². The van der Waals surface area contributed by atoms with Crippen molar-refractivity contribution in [3.8, 4) is 0 Å². The van der Waals surface area contributed by atoms with Crippen LogP contribution in [-0.2, 0) is 43.2 Å². The van der Waals surface area contributed by atoms with Crippen molar-refractivity contribution in [3.63, 3.8) is 0 Å². The Bertz CT molecular complexity index is 1520. The monoisotopic (exact) mass is 854 g/mol. The summed E-state index contributed by atoms with van der Waals surface area (Å²) in [4.78, 5) is 115. The van der Waals surface area contributed by atoms with Crippen LogP contribution < -0.4 is 43.0 Å². The topological polar surface area (TPSA) is 308 Å². The molecule has 20 heteroatoms. The number of ketones is 3. The molecule has 20 nitrogen and oxygen atoms in total. The first-order chi connectivity index (χ1) is 27.9. The molecule has 1 aliphatic rings. The number of nitrogens with two attached hydrogens (primary N) is 1. The molecule has 0 bridgehead atoms. The number of carbonyl (C=O) groups excluding carboxylic acids is 7. The molecule has 0 saturated carbocycles. The Morgan fingerprint density at radius 2 is 1.20 bits per heavy atom. The highest BCUT2D eigenvalue weighted by molar-refractivity contribution is 5.97. The highest BCUT2D eigenvalue weighted by atomic mass is 16.4. The number of hydrogen-bond acceptors (Lipinski definition) is 14. The van der Waals surface area contributed by atoms with Crippen molar-refractivity contribution >= 4 is 52.9 Å². The van der Waals surface area contributed by atoms with Crippen LogP contribution >= 0.6 is 0 Å². The predicted octanol–water partition coefficient (Wildman–Crippen LogP) is -1.41. The minimum absolute atomic E-state index is 0.0162. The van der Waals surface area contributed by atoms with E-state index in [2.05, 4.69) is 37.2 Å². The number of hydrogen-bond donors (Lipinski definition) is 10. The van der Waals surface area contributed by atoms with Crippen molar-refractivity contribution in [2.45, 2.75) is 141 Å². The molecule has 0 aromatic carbocycles. The number of nitrogens with one attached hydrogen (secondary N) is 7. The molecule has 60 heavy (non-hydrogen) atoms. The number of rotatable bonds is 31. The second kappa shape index (κ2) is 25.4. The van der Waals surface area contributed by atoms with Gasteiger partial charge in [0.2, 0.25) is 23.6 Å². The number of nitrogens with zero attached hydrogens (tertiary/aromatic N) is 1. The molecule has 0 aliphatic carbocycles. The van der Waals surface area contributed by atoms with E-state index < -0.39 is 76.1 Å². The van der Waals surface area contributed by atoms with Crippen molar-refractivity contribution < 1.29 is 53.4 Å². The molecule has 1 aliphatic heterocycles. The van der Waals surface area contributed by atoms with Gasteiger partial charge in [-0.15, -0.1) is 0 Å². The van der Waals surface area contributed by atoms with Crippen molar-refractivity contribution in [1.29, 1.82) is 0 Å². The predicted molar refractivity (Wildman–Crippen MR) is 223 cm³/mol. The maximum Gasteiger partial charge on any atom is 0.303 e. The zero-order valence-corrected chi connectivity index (χ0v) is 36.7. The SMILES string of the molecule is CCNCCNC(=O)C(CC(=O)NCCNC(C)(C)C(=O)C(N)CCC(=O)O)CC(=O)NCCNC(C)(C)C(=O)C(CCC(=O)O)NC(C)(C)C(=O)C1CCCN1C(C)=O. The van der Waals surface area contributed by atoms with Crippen LogP contribution in [0.25, 0.3) is 0 Å². The standard InChI is InChI=1S/C40H71N9O11/c1-9-42-16-17-45-37(60)26(23-30(51)43-18-20-46-38(3,4)34(57)27(41)12-14-32(53)54)24-31(52)44-19-21-47-39(5,6)35(58)28(13-15-33(55)56)48-40(7,8)36(59)29-11-10-22-49(29)25(2)50/h26-29,42,46-48H,9-24,41H2,1-8H3,(H,43,51)(H,44,52)(H,45,60)(H,53,54)(H,55,56). The van der Waals surface area contributed by atoms with Gasteiger partial charge in [-0.3, -0.25) is 48.5 Å². The molecular formula is C40H71N9O11. The number of likely N-dealkylation sites (N-methyl/N-ethyl adjacent to an activating group) is 1. The molecule has 4 unspecified atom stereocenters. The van der Waals surface area contributed by atoms with Gasteiger partial charge in [0.25, 0.3) is 0 Å². The molecule has 0 aromatic rings. The molecule has 11 N–H and O–H groups in total. The quantitative estimate of drug-likeness (QED) is 0.0358. The van der Waals surface area contributed by atoms with Gasteiger partial charge in [0.1, 0.15) is 0 Å². The summed E-state index contributed by atoms with van der Waals surface area (Å²) in [5.74, 6) is -6.00. The van der Waals surface area contributed by atoms with E-state index in [0.717, 1.165) is 0 Å². The minimum atomic E-state index is -1.27. The maximum atomic E-state index is 13.9. The van der Waals surface area contributed by atoms with Crippen LogP contribution in [-0.4, -0.2) is 155 Å². The third-order valence-electron chi connectivity index (χ3n) is 10.4. The molecule has 4 atom stereocenters. The zero-order valence-electron chi connectivity index (χ0n) is 36.7. The lowest BCUT2D eigenvalue weighted by Crippen LogP contribution is -2.63. The Kier molecular flexibility index (Phi) is 22.7. The van der Waals surface area contributed by atoms with Crippen LogP contribution in [0.15, 0.2) is 0 Å². The van der Waals surface area contributed by atoms with Crippen LogP contribution in [0, 0.1) is 5.92 Å². The van der Waals surface area contributed by atoms with Crippen LogP contribution in [0.5, 0.6) is 0 Å². The molecule has 0 radical (unpaired) electrons. The first-order valence-corrected chi connectivity index (χ1v) is 20.7. The minimum Gasteiger partial charge on any atom is -0.481 e. The van der Waals surface area contributed by atoms with Crippen LogP contribution in [0.4, 0.5) is 0 Å². The Balaban J connectivity index is 2.85. The third kappa shape index (κ3) is 18.9. The summed E-state index contributed by atoms with van der Waals surface area (Å²) in [6.07, 6.45) is -0.169. The van der Waals surface area contributed by atoms with Gasteiger partial charge in [-0.05, 0) is 73.8 Å². The maximum absolute atomic E-state index is 13.9. The fourth-order valence-corrected chi connectivity index (χ4v) is 6.96. The fraction of sp³-hybridized carbons (Fsp3) is 0.775. The van der Waals surface area contributed by atoms with Gasteiger partial charge >= 0.3 is 11.9 Å². The van der Waals surface area contributed by atoms with Crippen molar-refractivity contribution in [2.75, 3.05) is 52.4 Å². The van der Waals surface area contributed by atoms with E-state index in [1.807, 2.05) is 6.92 Å². The van der Waals surface area contributed by atoms with Gasteiger partial charge < -0.3 is 52.7 Å². The second-order valence-electron chi connectivity index (χ2n) is 16.8. The number of Topliss-reactive ketones (excluding diaryl/α,β-unsaturated/α-hetero) is 3. The van der Waals surface area contributed by atoms with Gasteiger partial charge in [-0.1, -0.05) is 6.92 Å². The Morgan fingerprint density at radius 1 is 0.700 bits per heavy atom. The van der Waals surface area contributed by atoms with Gasteiger partial charge in [-0.2, -0.15) is 0 Å². The summed E-state index contributed by atoms with van der Waals surface area (Å²) in [5, 5.41) is 38.7. The number of carboxylic acid groups (broad SMARTS) is 2. The molecular weight excluding hydrogens is 782 g/mol. The van der Waals surface area contributed by atoms with E-state index in [4.69, 9.17) is 10.8 Å². The van der Waals surface area contributed by atoms with E-state index in [9.17, 15) is 48.3 Å². The van der Waals surface area contributed by atoms with Crippen molar-refractivity contribution in [1.82, 2.24) is 42.1 Å². The first kappa shape index (κ1) is 53.6. The molecule has 0 spiro atoms. The number of amides is 4. The third-order valence-corrected chi connectivity index (χ3v) is 10.4. The molecule has 1 saturated heterocycles. The van der Waals surface area contributed by atoms with E-state index >= 15 is 0 Å². The number of carboxylic acids is 2. The molecule has 342 valence electrons. The number of likely N-dealkylation sites (tertiary alicyclic amines) is 1. The van der Waals surface area contributed by atoms with Crippen LogP contribution in [0.2, 0.25) is 0 Å². The van der Waals surface area contributed by atoms with Crippen molar-refractivity contribution in [3.05, 3.63) is 0 Å². The average molecular weight is 854 g/mol. The molecule has 1 fully saturated rings. The Hall–Kier alpha value is -4.37. The van der Waals surface area contributed by atoms with Crippen molar-refractivity contribution in [2.24, 2.45) is 11.7 Å². The first-order valence-electron chi connectivity index (χ1n) is 20.7. The van der Waals surface area contributed by atoms with Gasteiger partial charge in [0.15, 0.2) is 17.3 Å². The molecule has 0 aromatic heterocycles. The second-order valence-corrected chi connectivity index (χ2v) is 16.8. The lowest BCUT2D eigenvalue weighted by Gasteiger charge is -2.37. The van der Waals surface area contributed by atoms with Gasteiger partial charge in [0.05, 0.1) is 40.7 Å². The normalized spacial score (nSPS) is 16.0. The molecule has 4 amide bonds. The molecule has 1 rings (SSSR count). The Labute approximate surface area is 353 Å². The number of carbonyl (C=O) groups is 9. The van der Waals surface area contributed by atoms with Gasteiger partial charge in [-0.25, -0.2) is 0 Å². The van der Waals surface area contributed by atoms with E-state index in [-0.39, 0.29) is 88.7 Å².